The molecule has 0 aliphatic rings. The van der Waals surface area contributed by atoms with Crippen LogP contribution in [0, 0.1) is 60.0 Å². The second kappa shape index (κ2) is 8.83. The van der Waals surface area contributed by atoms with Gasteiger partial charge >= 0.3 is 0 Å². The third-order valence-electron chi connectivity index (χ3n) is 0. The molecule has 0 aromatic carbocycles. The topological polar surface area (TPSA) is 23.8 Å². The quantitative estimate of drug-likeness (QED) is 0.455. The fraction of sp³-hybridized carbons (Fsp3) is 0. The molecule has 0 unspecified atom stereocenters. The van der Waals surface area contributed by atoms with Crippen LogP contribution < -0.4 is 0 Å². The van der Waals surface area contributed by atoms with Crippen molar-refractivity contribution in [1.29, 1.82) is 5.26 Å². The van der Waals surface area contributed by atoms with Gasteiger partial charge in [0, 0.05) is 49.4 Å². The van der Waals surface area contributed by atoms with Gasteiger partial charge in [-0.25, -0.2) is 0 Å². The van der Waals surface area contributed by atoms with Crippen molar-refractivity contribution in [2.24, 2.45) is 0 Å². The largest absolute Gasteiger partial charge is 0.185 e. The van der Waals surface area contributed by atoms with Crippen LogP contribution in [-0.4, -0.2) is 0 Å². The van der Waals surface area contributed by atoms with E-state index >= 15 is 0 Å². The van der Waals surface area contributed by atoms with E-state index in [1.54, 1.807) is 0 Å². The third kappa shape index (κ3) is 9.92. The Balaban J connectivity index is 0. The van der Waals surface area contributed by atoms with Gasteiger partial charge in [-0.3, -0.25) is 0 Å². The monoisotopic (exact) mass is 212 g/mol. The van der Waals surface area contributed by atoms with Crippen LogP contribution in [0.1, 0.15) is 0 Å². The number of thiocyanates is 1. The molecule has 0 fully saturated rings. The minimum atomic E-state index is 0. The van der Waals surface area contributed by atoms with E-state index in [0.717, 1.165) is 0 Å². The van der Waals surface area contributed by atoms with Crippen molar-refractivity contribution in [2.75, 3.05) is 0 Å². The van der Waals surface area contributed by atoms with Crippen LogP contribution in [0.15, 0.2) is 0 Å². The van der Waals surface area contributed by atoms with Crippen molar-refractivity contribution in [3.05, 3.63) is 0 Å². The number of thiol groups is 1. The first-order valence-corrected chi connectivity index (χ1v) is 0.894. The van der Waals surface area contributed by atoms with Gasteiger partial charge in [0.25, 0.3) is 0 Å². The van der Waals surface area contributed by atoms with Gasteiger partial charge in [-0.05, 0) is 0 Å². The van der Waals surface area contributed by atoms with Crippen molar-refractivity contribution in [1.82, 2.24) is 0 Å². The molecule has 0 aromatic rings. The van der Waals surface area contributed by atoms with E-state index in [1.165, 1.54) is 5.40 Å². The Morgan fingerprint density at radius 1 is 1.75 bits per heavy atom. The number of hydrogen-bond acceptors (Lipinski definition) is 2. The summed E-state index contributed by atoms with van der Waals surface area (Å²) in [6, 6.07) is 0. The first-order chi connectivity index (χ1) is 1.41. The smallest absolute Gasteiger partial charge is 0.130 e. The maximum absolute atomic E-state index is 7.18. The van der Waals surface area contributed by atoms with E-state index in [0.29, 0.717) is 0 Å². The standard InChI is InChI=1S/CHNS.Eu/c2-1-3;/h3H;. The molecule has 3 heteroatoms. The molecule has 1 nitrogen and oxygen atoms in total. The van der Waals surface area contributed by atoms with Crippen LogP contribution in [0.4, 0.5) is 0 Å². The summed E-state index contributed by atoms with van der Waals surface area (Å²) in [5, 5.41) is 8.63. The molecule has 0 amide bonds. The Bertz CT molecular complexity index is 29.5. The Kier molecular flexibility index (Phi) is 20.0. The summed E-state index contributed by atoms with van der Waals surface area (Å²) in [6.07, 6.45) is 0. The molecule has 0 N–H and O–H groups in total. The van der Waals surface area contributed by atoms with Crippen molar-refractivity contribution in [2.45, 2.75) is 0 Å². The molecule has 0 atom stereocenters. The summed E-state index contributed by atoms with van der Waals surface area (Å²) in [7, 11) is 0. The van der Waals surface area contributed by atoms with Gasteiger partial charge in [-0.15, -0.1) is 0 Å². The van der Waals surface area contributed by atoms with Gasteiger partial charge in [-0.1, -0.05) is 12.6 Å². The van der Waals surface area contributed by atoms with E-state index in [4.69, 9.17) is 5.26 Å². The Morgan fingerprint density at radius 3 is 1.75 bits per heavy atom. The molecule has 0 aliphatic heterocycles. The van der Waals surface area contributed by atoms with E-state index in [2.05, 4.69) is 12.6 Å². The second-order valence-electron chi connectivity index (χ2n) is 0.100. The maximum Gasteiger partial charge on any atom is 0.130 e. The zero-order valence-corrected chi connectivity index (χ0v) is 5.09. The zero-order valence-electron chi connectivity index (χ0n) is 1.77. The fourth-order valence-corrected chi connectivity index (χ4v) is 0. The molecule has 23 valence electrons. The van der Waals surface area contributed by atoms with Crippen LogP contribution in [0.25, 0.3) is 0 Å². The molecule has 0 saturated heterocycles. The summed E-state index contributed by atoms with van der Waals surface area (Å²) in [4.78, 5) is 0. The maximum atomic E-state index is 7.18. The molecular weight excluding hydrogens is 210 g/mol. The summed E-state index contributed by atoms with van der Waals surface area (Å²) in [6.45, 7) is 0. The SMILES string of the molecule is N#CS.[Eu]. The van der Waals surface area contributed by atoms with Gasteiger partial charge in [0.15, 0.2) is 0 Å². The Labute approximate surface area is 71.3 Å². The molecule has 0 heterocycles. The summed E-state index contributed by atoms with van der Waals surface area (Å²) < 4.78 is 0. The first kappa shape index (κ1) is 9.06. The predicted octanol–water partition coefficient (Wildman–Crippen LogP) is 0.397. The van der Waals surface area contributed by atoms with Crippen LogP contribution in [0.5, 0.6) is 0 Å². The normalized spacial score (nSPS) is 2.00. The van der Waals surface area contributed by atoms with Crippen molar-refractivity contribution >= 4 is 12.6 Å². The zero-order chi connectivity index (χ0) is 2.71. The van der Waals surface area contributed by atoms with E-state index < -0.39 is 0 Å². The summed E-state index contributed by atoms with van der Waals surface area (Å²) in [5.74, 6) is 0. The van der Waals surface area contributed by atoms with Gasteiger partial charge in [0.1, 0.15) is 5.40 Å². The molecule has 1 radical (unpaired) electrons. The molecule has 4 heavy (non-hydrogen) atoms. The van der Waals surface area contributed by atoms with Crippen LogP contribution in [0.3, 0.4) is 0 Å². The summed E-state index contributed by atoms with van der Waals surface area (Å²) >= 11 is 3.09. The average molecular weight is 211 g/mol. The van der Waals surface area contributed by atoms with Crippen LogP contribution in [0.2, 0.25) is 0 Å². The van der Waals surface area contributed by atoms with Crippen LogP contribution in [-0.2, 0) is 0 Å². The van der Waals surface area contributed by atoms with Gasteiger partial charge in [-0.2, -0.15) is 5.26 Å². The van der Waals surface area contributed by atoms with E-state index in [-0.39, 0.29) is 49.4 Å². The van der Waals surface area contributed by atoms with Crippen molar-refractivity contribution in [3.63, 3.8) is 0 Å². The van der Waals surface area contributed by atoms with Crippen molar-refractivity contribution < 1.29 is 49.4 Å². The first-order valence-electron chi connectivity index (χ1n) is 0.447. The number of nitrogens with zero attached hydrogens (tertiary/aromatic N) is 1. The predicted molar refractivity (Wildman–Crippen MR) is 14.6 cm³/mol. The molecular formula is CHEuNS. The molecule has 0 spiro atoms. The van der Waals surface area contributed by atoms with E-state index in [1.807, 2.05) is 0 Å². The molecule has 0 aromatic heterocycles. The minimum Gasteiger partial charge on any atom is -0.185 e. The van der Waals surface area contributed by atoms with E-state index in [9.17, 15) is 0 Å². The molecule has 0 saturated carbocycles. The number of hydrogen-bond donors (Lipinski definition) is 1. The van der Waals surface area contributed by atoms with Gasteiger partial charge in [0.2, 0.25) is 0 Å². The molecule has 0 rings (SSSR count). The molecule has 0 bridgehead atoms. The fourth-order valence-electron chi connectivity index (χ4n) is 0. The Morgan fingerprint density at radius 2 is 1.75 bits per heavy atom. The van der Waals surface area contributed by atoms with Gasteiger partial charge < -0.3 is 0 Å². The molecule has 0 aliphatic carbocycles. The van der Waals surface area contributed by atoms with Crippen LogP contribution >= 0.6 is 12.6 Å². The van der Waals surface area contributed by atoms with Gasteiger partial charge in [0.05, 0.1) is 0 Å². The minimum absolute atomic E-state index is 0. The number of nitriles is 1. The average Bonchev–Trinajstić information content (AvgIpc) is 0.918. The summed E-state index contributed by atoms with van der Waals surface area (Å²) in [5.41, 5.74) is 0. The third-order valence-corrected chi connectivity index (χ3v) is 0. The second-order valence-corrected chi connectivity index (χ2v) is 0.300. The Hall–Kier alpha value is 1.42. The van der Waals surface area contributed by atoms with Crippen molar-refractivity contribution in [3.8, 4) is 5.40 Å². The number of rotatable bonds is 0.